The molecular formula is C11H9N3O4S. The number of thiocarbonyl (C=S) groups is 1. The predicted molar refractivity (Wildman–Crippen MR) is 69.9 cm³/mol. The summed E-state index contributed by atoms with van der Waals surface area (Å²) in [5, 5.41) is 11.2. The van der Waals surface area contributed by atoms with Gasteiger partial charge in [-0.3, -0.25) is 19.3 Å². The number of nitrogens with two attached hydrogens (primary N) is 1. The van der Waals surface area contributed by atoms with Gasteiger partial charge in [0.2, 0.25) is 0 Å². The average molecular weight is 279 g/mol. The maximum Gasteiger partial charge on any atom is 0.323 e. The van der Waals surface area contributed by atoms with Gasteiger partial charge in [0.15, 0.2) is 5.11 Å². The van der Waals surface area contributed by atoms with E-state index in [1.807, 2.05) is 0 Å². The Kier molecular flexibility index (Phi) is 3.17. The van der Waals surface area contributed by atoms with Gasteiger partial charge in [0.1, 0.15) is 6.54 Å². The summed E-state index contributed by atoms with van der Waals surface area (Å²) in [7, 11) is 0. The zero-order valence-corrected chi connectivity index (χ0v) is 10.4. The van der Waals surface area contributed by atoms with Crippen molar-refractivity contribution in [3.63, 3.8) is 0 Å². The van der Waals surface area contributed by atoms with E-state index in [4.69, 9.17) is 10.8 Å². The molecular weight excluding hydrogens is 270 g/mol. The molecule has 98 valence electrons. The number of carboxylic acids is 1. The summed E-state index contributed by atoms with van der Waals surface area (Å²) < 4.78 is 0. The van der Waals surface area contributed by atoms with Crippen LogP contribution in [0.1, 0.15) is 20.7 Å². The highest BCUT2D eigenvalue weighted by Crippen LogP contribution is 2.29. The molecule has 0 saturated heterocycles. The molecule has 0 fully saturated rings. The maximum atomic E-state index is 12.1. The fourth-order valence-electron chi connectivity index (χ4n) is 1.85. The van der Waals surface area contributed by atoms with E-state index in [1.54, 1.807) is 6.07 Å². The second-order valence-electron chi connectivity index (χ2n) is 3.81. The minimum atomic E-state index is -1.27. The van der Waals surface area contributed by atoms with Crippen molar-refractivity contribution in [2.45, 2.75) is 0 Å². The summed E-state index contributed by atoms with van der Waals surface area (Å²) in [5.41, 5.74) is 5.84. The number of anilines is 1. The number of fused-ring (bicyclic) bond motifs is 1. The van der Waals surface area contributed by atoms with Crippen molar-refractivity contribution >= 4 is 40.8 Å². The summed E-state index contributed by atoms with van der Waals surface area (Å²) in [6, 6.07) is 4.53. The topological polar surface area (TPSA) is 113 Å². The highest BCUT2D eigenvalue weighted by atomic mass is 32.1. The molecule has 0 aromatic heterocycles. The lowest BCUT2D eigenvalue weighted by atomic mass is 10.1. The van der Waals surface area contributed by atoms with Gasteiger partial charge in [-0.2, -0.15) is 0 Å². The fraction of sp³-hybridized carbons (Fsp3) is 0.0909. The van der Waals surface area contributed by atoms with Crippen LogP contribution < -0.4 is 11.1 Å². The normalized spacial score (nSPS) is 13.4. The lowest BCUT2D eigenvalue weighted by Gasteiger charge is -2.10. The van der Waals surface area contributed by atoms with E-state index in [0.717, 1.165) is 0 Å². The molecule has 0 unspecified atom stereocenters. The van der Waals surface area contributed by atoms with Crippen LogP contribution in [0.3, 0.4) is 0 Å². The van der Waals surface area contributed by atoms with Crippen LogP contribution in [0.5, 0.6) is 0 Å². The van der Waals surface area contributed by atoms with Crippen molar-refractivity contribution in [2.24, 2.45) is 5.73 Å². The smallest absolute Gasteiger partial charge is 0.323 e. The van der Waals surface area contributed by atoms with Crippen LogP contribution in [0.15, 0.2) is 18.2 Å². The molecule has 0 atom stereocenters. The highest BCUT2D eigenvalue weighted by Gasteiger charge is 2.38. The predicted octanol–water partition coefficient (Wildman–Crippen LogP) is 0.0227. The molecule has 2 rings (SSSR count). The van der Waals surface area contributed by atoms with Gasteiger partial charge in [0, 0.05) is 0 Å². The summed E-state index contributed by atoms with van der Waals surface area (Å²) in [6.07, 6.45) is 0. The average Bonchev–Trinajstić information content (AvgIpc) is 2.54. The number of nitrogens with one attached hydrogen (secondary N) is 1. The Bertz CT molecular complexity index is 614. The number of amides is 2. The summed E-state index contributed by atoms with van der Waals surface area (Å²) in [4.78, 5) is 35.3. The maximum absolute atomic E-state index is 12.1. The molecule has 0 radical (unpaired) electrons. The van der Waals surface area contributed by atoms with Crippen molar-refractivity contribution in [2.75, 3.05) is 11.9 Å². The minimum Gasteiger partial charge on any atom is -0.480 e. The molecule has 1 aliphatic rings. The van der Waals surface area contributed by atoms with Crippen LogP contribution in [0.2, 0.25) is 0 Å². The van der Waals surface area contributed by atoms with Gasteiger partial charge in [0.25, 0.3) is 11.8 Å². The first-order valence-electron chi connectivity index (χ1n) is 5.19. The zero-order valence-electron chi connectivity index (χ0n) is 9.54. The van der Waals surface area contributed by atoms with E-state index in [9.17, 15) is 14.4 Å². The van der Waals surface area contributed by atoms with Gasteiger partial charge in [-0.15, -0.1) is 0 Å². The Morgan fingerprint density at radius 2 is 2.05 bits per heavy atom. The SMILES string of the molecule is NC(=S)Nc1cccc2c1C(=O)N(CC(=O)O)C2=O. The number of carboxylic acid groups (broad SMARTS) is 1. The first kappa shape index (κ1) is 13.0. The molecule has 8 heteroatoms. The Balaban J connectivity index is 2.47. The molecule has 1 aliphatic heterocycles. The molecule has 1 aromatic carbocycles. The third kappa shape index (κ3) is 2.25. The second-order valence-corrected chi connectivity index (χ2v) is 4.25. The van der Waals surface area contributed by atoms with Crippen molar-refractivity contribution in [3.05, 3.63) is 29.3 Å². The summed E-state index contributed by atoms with van der Waals surface area (Å²) in [5.74, 6) is -2.59. The fourth-order valence-corrected chi connectivity index (χ4v) is 1.96. The first-order valence-corrected chi connectivity index (χ1v) is 5.60. The number of carbonyl (C=O) groups excluding carboxylic acids is 2. The van der Waals surface area contributed by atoms with Crippen LogP contribution in [0.4, 0.5) is 5.69 Å². The van der Waals surface area contributed by atoms with E-state index >= 15 is 0 Å². The number of nitrogens with zero attached hydrogens (tertiary/aromatic N) is 1. The number of aliphatic carboxylic acids is 1. The molecule has 2 amide bonds. The quantitative estimate of drug-likeness (QED) is 0.528. The van der Waals surface area contributed by atoms with Crippen molar-refractivity contribution < 1.29 is 19.5 Å². The molecule has 0 spiro atoms. The summed E-state index contributed by atoms with van der Waals surface area (Å²) >= 11 is 4.68. The molecule has 4 N–H and O–H groups in total. The van der Waals surface area contributed by atoms with Gasteiger partial charge in [-0.25, -0.2) is 0 Å². The molecule has 1 aromatic rings. The molecule has 1 heterocycles. The van der Waals surface area contributed by atoms with E-state index in [-0.39, 0.29) is 21.9 Å². The number of imide groups is 1. The van der Waals surface area contributed by atoms with Crippen LogP contribution in [-0.2, 0) is 4.79 Å². The number of benzene rings is 1. The van der Waals surface area contributed by atoms with Crippen molar-refractivity contribution in [1.29, 1.82) is 0 Å². The molecule has 7 nitrogen and oxygen atoms in total. The third-order valence-electron chi connectivity index (χ3n) is 2.55. The van der Waals surface area contributed by atoms with Crippen molar-refractivity contribution in [1.82, 2.24) is 4.90 Å². The van der Waals surface area contributed by atoms with Crippen molar-refractivity contribution in [3.8, 4) is 0 Å². The van der Waals surface area contributed by atoms with Gasteiger partial charge in [0.05, 0.1) is 16.8 Å². The van der Waals surface area contributed by atoms with Gasteiger partial charge < -0.3 is 16.2 Å². The Labute approximate surface area is 113 Å². The second kappa shape index (κ2) is 4.65. The lowest BCUT2D eigenvalue weighted by molar-refractivity contribution is -0.137. The molecule has 0 aliphatic carbocycles. The molecule has 0 saturated carbocycles. The Hall–Kier alpha value is -2.48. The van der Waals surface area contributed by atoms with Gasteiger partial charge in [-0.1, -0.05) is 6.07 Å². The number of rotatable bonds is 3. The van der Waals surface area contributed by atoms with E-state index in [0.29, 0.717) is 4.90 Å². The molecule has 0 bridgehead atoms. The van der Waals surface area contributed by atoms with E-state index < -0.39 is 24.3 Å². The van der Waals surface area contributed by atoms with Gasteiger partial charge in [-0.05, 0) is 24.4 Å². The van der Waals surface area contributed by atoms with Crippen LogP contribution in [-0.4, -0.2) is 39.4 Å². The monoisotopic (exact) mass is 279 g/mol. The van der Waals surface area contributed by atoms with Crippen LogP contribution in [0, 0.1) is 0 Å². The van der Waals surface area contributed by atoms with Gasteiger partial charge >= 0.3 is 5.97 Å². The Morgan fingerprint density at radius 3 is 2.63 bits per heavy atom. The standard InChI is InChI=1S/C11H9N3O4S/c12-11(19)13-6-3-1-2-5-8(6)10(18)14(9(5)17)4-7(15)16/h1-3H,4H2,(H,15,16)(H3,12,13,19). The Morgan fingerprint density at radius 1 is 1.37 bits per heavy atom. The third-order valence-corrected chi connectivity index (χ3v) is 2.65. The highest BCUT2D eigenvalue weighted by molar-refractivity contribution is 7.80. The largest absolute Gasteiger partial charge is 0.480 e. The first-order chi connectivity index (χ1) is 8.91. The number of hydrogen-bond acceptors (Lipinski definition) is 4. The van der Waals surface area contributed by atoms with E-state index in [1.165, 1.54) is 12.1 Å². The summed E-state index contributed by atoms with van der Waals surface area (Å²) in [6.45, 7) is -0.682. The molecule has 19 heavy (non-hydrogen) atoms. The van der Waals surface area contributed by atoms with Crippen LogP contribution >= 0.6 is 12.2 Å². The zero-order chi connectivity index (χ0) is 14.2. The number of hydrogen-bond donors (Lipinski definition) is 3. The van der Waals surface area contributed by atoms with Crippen LogP contribution in [0.25, 0.3) is 0 Å². The van der Waals surface area contributed by atoms with E-state index in [2.05, 4.69) is 17.5 Å². The number of carbonyl (C=O) groups is 3. The lowest BCUT2D eigenvalue weighted by Crippen LogP contribution is -2.34. The minimum absolute atomic E-state index is 0.0506.